The highest BCUT2D eigenvalue weighted by Crippen LogP contribution is 2.28. The first-order valence-corrected chi connectivity index (χ1v) is 3.20. The first kappa shape index (κ1) is 10.1. The summed E-state index contributed by atoms with van der Waals surface area (Å²) < 4.78 is 25.1. The third kappa shape index (κ3) is 2.00. The van der Waals surface area contributed by atoms with Crippen molar-refractivity contribution < 1.29 is 18.7 Å². The second kappa shape index (κ2) is 3.46. The van der Waals surface area contributed by atoms with Crippen LogP contribution < -0.4 is 0 Å². The fourth-order valence-electron chi connectivity index (χ4n) is 0.730. The van der Waals surface area contributed by atoms with E-state index < -0.39 is 17.8 Å². The first-order chi connectivity index (χ1) is 4.96. The highest BCUT2D eigenvalue weighted by Gasteiger charge is 2.44. The summed E-state index contributed by atoms with van der Waals surface area (Å²) in [5.74, 6) is -7.06. The normalized spacial score (nSPS) is 14.1. The number of carboxylic acids is 1. The van der Waals surface area contributed by atoms with Crippen molar-refractivity contribution in [2.24, 2.45) is 5.92 Å². The van der Waals surface area contributed by atoms with Crippen molar-refractivity contribution in [3.05, 3.63) is 12.7 Å². The molecule has 0 aliphatic rings. The minimum Gasteiger partial charge on any atom is -0.477 e. The van der Waals surface area contributed by atoms with Crippen LogP contribution in [0.2, 0.25) is 0 Å². The number of carboxylic acid groups (broad SMARTS) is 1. The van der Waals surface area contributed by atoms with Crippen molar-refractivity contribution in [3.63, 3.8) is 0 Å². The van der Waals surface area contributed by atoms with E-state index in [1.807, 2.05) is 0 Å². The van der Waals surface area contributed by atoms with E-state index in [4.69, 9.17) is 5.11 Å². The lowest BCUT2D eigenvalue weighted by Gasteiger charge is -2.17. The number of rotatable bonds is 4. The third-order valence-corrected chi connectivity index (χ3v) is 1.48. The molecule has 0 fully saturated rings. The van der Waals surface area contributed by atoms with Gasteiger partial charge in [-0.2, -0.15) is 8.78 Å². The van der Waals surface area contributed by atoms with Crippen molar-refractivity contribution in [2.45, 2.75) is 19.3 Å². The second-order valence-electron chi connectivity index (χ2n) is 2.18. The fourth-order valence-corrected chi connectivity index (χ4v) is 0.730. The summed E-state index contributed by atoms with van der Waals surface area (Å²) in [4.78, 5) is 9.98. The van der Waals surface area contributed by atoms with Crippen LogP contribution in [-0.4, -0.2) is 17.0 Å². The maximum absolute atomic E-state index is 12.5. The van der Waals surface area contributed by atoms with Crippen LogP contribution >= 0.6 is 0 Å². The van der Waals surface area contributed by atoms with Gasteiger partial charge in [0.2, 0.25) is 0 Å². The molecule has 0 aliphatic heterocycles. The Morgan fingerprint density at radius 3 is 2.36 bits per heavy atom. The van der Waals surface area contributed by atoms with Crippen LogP contribution in [0.1, 0.15) is 13.3 Å². The Bertz CT molecular complexity index is 166. The Kier molecular flexibility index (Phi) is 3.17. The van der Waals surface area contributed by atoms with Gasteiger partial charge in [-0.3, -0.25) is 0 Å². The molecule has 0 rings (SSSR count). The molecule has 0 saturated heterocycles. The van der Waals surface area contributed by atoms with Crippen LogP contribution in [0.4, 0.5) is 8.78 Å². The predicted molar refractivity (Wildman–Crippen MR) is 36.6 cm³/mol. The van der Waals surface area contributed by atoms with Gasteiger partial charge in [0.1, 0.15) is 0 Å². The van der Waals surface area contributed by atoms with Gasteiger partial charge < -0.3 is 5.11 Å². The number of aliphatic carboxylic acids is 1. The van der Waals surface area contributed by atoms with Crippen LogP contribution in [-0.2, 0) is 4.79 Å². The molecule has 11 heavy (non-hydrogen) atoms. The average Bonchev–Trinajstić information content (AvgIpc) is 1.89. The molecule has 64 valence electrons. The number of alkyl halides is 2. The molecular weight excluding hydrogens is 154 g/mol. The van der Waals surface area contributed by atoms with E-state index in [1.165, 1.54) is 6.92 Å². The molecule has 4 heteroatoms. The van der Waals surface area contributed by atoms with Crippen molar-refractivity contribution in [1.29, 1.82) is 0 Å². The summed E-state index contributed by atoms with van der Waals surface area (Å²) in [7, 11) is 0. The number of hydrogen-bond donors (Lipinski definition) is 1. The zero-order valence-corrected chi connectivity index (χ0v) is 6.18. The Morgan fingerprint density at radius 1 is 1.82 bits per heavy atom. The molecule has 0 radical (unpaired) electrons. The number of allylic oxidation sites excluding steroid dienone is 1. The molecule has 0 aromatic rings. The Hall–Kier alpha value is -0.930. The van der Waals surface area contributed by atoms with E-state index in [-0.39, 0.29) is 6.42 Å². The number of halogens is 2. The first-order valence-electron chi connectivity index (χ1n) is 3.20. The van der Waals surface area contributed by atoms with E-state index >= 15 is 0 Å². The molecule has 0 saturated carbocycles. The average molecular weight is 164 g/mol. The van der Waals surface area contributed by atoms with Crippen LogP contribution in [0, 0.1) is 5.92 Å². The maximum atomic E-state index is 12.5. The number of hydrogen-bond acceptors (Lipinski definition) is 1. The molecule has 0 aromatic carbocycles. The summed E-state index contributed by atoms with van der Waals surface area (Å²) in [5.41, 5.74) is 0. The lowest BCUT2D eigenvalue weighted by atomic mass is 9.99. The topological polar surface area (TPSA) is 37.3 Å². The molecule has 0 heterocycles. The molecular formula is C7H10F2O2. The summed E-state index contributed by atoms with van der Waals surface area (Å²) in [6, 6.07) is 0. The van der Waals surface area contributed by atoms with E-state index in [9.17, 15) is 13.6 Å². The van der Waals surface area contributed by atoms with Gasteiger partial charge in [0.25, 0.3) is 0 Å². The van der Waals surface area contributed by atoms with Crippen LogP contribution in [0.15, 0.2) is 12.7 Å². The summed E-state index contributed by atoms with van der Waals surface area (Å²) in [5, 5.41) is 8.08. The lowest BCUT2D eigenvalue weighted by molar-refractivity contribution is -0.170. The highest BCUT2D eigenvalue weighted by atomic mass is 19.3. The zero-order valence-electron chi connectivity index (χ0n) is 6.18. The summed E-state index contributed by atoms with van der Waals surface area (Å²) in [6.45, 7) is 4.63. The standard InChI is InChI=1S/C7H10F2O2/c1-3-5(4-2)7(8,9)6(10)11/h3,5H,1,4H2,2H3,(H,10,11). The zero-order chi connectivity index (χ0) is 9.07. The van der Waals surface area contributed by atoms with Gasteiger partial charge in [0, 0.05) is 0 Å². The summed E-state index contributed by atoms with van der Waals surface area (Å²) in [6.07, 6.45) is 1.04. The van der Waals surface area contributed by atoms with Crippen molar-refractivity contribution in [3.8, 4) is 0 Å². The van der Waals surface area contributed by atoms with Crippen LogP contribution in [0.5, 0.6) is 0 Å². The SMILES string of the molecule is C=CC(CC)C(F)(F)C(=O)O. The fraction of sp³-hybridized carbons (Fsp3) is 0.571. The van der Waals surface area contributed by atoms with E-state index in [0.29, 0.717) is 0 Å². The Morgan fingerprint density at radius 2 is 2.27 bits per heavy atom. The molecule has 0 spiro atoms. The molecule has 1 N–H and O–H groups in total. The largest absolute Gasteiger partial charge is 0.477 e. The molecule has 1 atom stereocenters. The smallest absolute Gasteiger partial charge is 0.375 e. The van der Waals surface area contributed by atoms with Gasteiger partial charge in [-0.05, 0) is 6.42 Å². The quantitative estimate of drug-likeness (QED) is 0.644. The van der Waals surface area contributed by atoms with Crippen molar-refractivity contribution in [1.82, 2.24) is 0 Å². The molecule has 0 aliphatic carbocycles. The monoisotopic (exact) mass is 164 g/mol. The van der Waals surface area contributed by atoms with Gasteiger partial charge in [-0.25, -0.2) is 4.79 Å². The van der Waals surface area contributed by atoms with Gasteiger partial charge in [0.15, 0.2) is 0 Å². The van der Waals surface area contributed by atoms with Gasteiger partial charge >= 0.3 is 11.9 Å². The van der Waals surface area contributed by atoms with Crippen molar-refractivity contribution >= 4 is 5.97 Å². The van der Waals surface area contributed by atoms with Crippen LogP contribution in [0.25, 0.3) is 0 Å². The van der Waals surface area contributed by atoms with Gasteiger partial charge in [-0.15, -0.1) is 6.58 Å². The molecule has 0 bridgehead atoms. The Balaban J connectivity index is 4.49. The van der Waals surface area contributed by atoms with Gasteiger partial charge in [0.05, 0.1) is 5.92 Å². The maximum Gasteiger partial charge on any atom is 0.375 e. The molecule has 1 unspecified atom stereocenters. The Labute approximate surface area is 63.5 Å². The van der Waals surface area contributed by atoms with Crippen LogP contribution in [0.3, 0.4) is 0 Å². The van der Waals surface area contributed by atoms with Crippen molar-refractivity contribution in [2.75, 3.05) is 0 Å². The van der Waals surface area contributed by atoms with E-state index in [1.54, 1.807) is 0 Å². The molecule has 0 amide bonds. The minimum absolute atomic E-state index is 0.0722. The summed E-state index contributed by atoms with van der Waals surface area (Å²) >= 11 is 0. The second-order valence-corrected chi connectivity index (χ2v) is 2.18. The predicted octanol–water partition coefficient (Wildman–Crippen LogP) is 1.92. The third-order valence-electron chi connectivity index (χ3n) is 1.48. The molecule has 2 nitrogen and oxygen atoms in total. The highest BCUT2D eigenvalue weighted by molar-refractivity contribution is 5.76. The minimum atomic E-state index is -3.68. The lowest BCUT2D eigenvalue weighted by Crippen LogP contribution is -2.35. The molecule has 0 aromatic heterocycles. The van der Waals surface area contributed by atoms with Gasteiger partial charge in [-0.1, -0.05) is 13.0 Å². The van der Waals surface area contributed by atoms with E-state index in [0.717, 1.165) is 6.08 Å². The van der Waals surface area contributed by atoms with E-state index in [2.05, 4.69) is 6.58 Å². The number of carbonyl (C=O) groups is 1.